The van der Waals surface area contributed by atoms with E-state index in [9.17, 15) is 9.59 Å². The molecule has 0 saturated heterocycles. The van der Waals surface area contributed by atoms with Crippen molar-refractivity contribution in [3.05, 3.63) is 94.9 Å². The monoisotopic (exact) mass is 461 g/mol. The Labute approximate surface area is 203 Å². The van der Waals surface area contributed by atoms with Crippen LogP contribution in [0, 0.1) is 11.8 Å². The van der Waals surface area contributed by atoms with Crippen LogP contribution in [-0.4, -0.2) is 29.0 Å². The average molecular weight is 462 g/mol. The lowest BCUT2D eigenvalue weighted by atomic mass is 9.70. The molecule has 4 heteroatoms. The van der Waals surface area contributed by atoms with Crippen LogP contribution in [-0.2, 0) is 9.59 Å². The minimum Gasteiger partial charge on any atom is -0.270 e. The van der Waals surface area contributed by atoms with Gasteiger partial charge in [-0.2, -0.15) is 0 Å². The highest BCUT2D eigenvalue weighted by Crippen LogP contribution is 2.44. The van der Waals surface area contributed by atoms with Crippen LogP contribution in [0.15, 0.2) is 83.8 Å². The third kappa shape index (κ3) is 5.50. The van der Waals surface area contributed by atoms with Crippen LogP contribution >= 0.6 is 11.8 Å². The molecular weight excluding hydrogens is 426 g/mol. The smallest absolute Gasteiger partial charge is 0.267 e. The number of imide groups is 1. The number of nitrogens with zero attached hydrogens (tertiary/aromatic N) is 1. The summed E-state index contributed by atoms with van der Waals surface area (Å²) in [5, 5.41) is 0. The summed E-state index contributed by atoms with van der Waals surface area (Å²) < 4.78 is 0. The molecule has 1 heterocycles. The molecule has 2 amide bonds. The minimum atomic E-state index is -0.170. The van der Waals surface area contributed by atoms with E-state index in [1.807, 2.05) is 19.1 Å². The standard InChI is InChI=1S/C29H35NO2S/c1-6-18-30-28(31)26(27(29(30)32)33-7-2)19-25(22(5)24-16-12-9-13-17-24)21(4)20(3)23-14-10-8-11-15-23/h6,8-17,20-22,25H,1,7,18-19H2,2-5H3/t20-,21-,22?,25?/m0/s1. The molecule has 33 heavy (non-hydrogen) atoms. The summed E-state index contributed by atoms with van der Waals surface area (Å²) in [7, 11) is 0. The first-order valence-electron chi connectivity index (χ1n) is 11.8. The van der Waals surface area contributed by atoms with E-state index in [4.69, 9.17) is 0 Å². The molecular formula is C29H35NO2S. The maximum absolute atomic E-state index is 13.3. The second-order valence-corrected chi connectivity index (χ2v) is 10.2. The Morgan fingerprint density at radius 3 is 1.94 bits per heavy atom. The molecule has 3 rings (SSSR count). The molecule has 0 aromatic heterocycles. The molecule has 0 spiro atoms. The Kier molecular flexibility index (Phi) is 8.74. The van der Waals surface area contributed by atoms with Gasteiger partial charge in [-0.3, -0.25) is 14.5 Å². The zero-order valence-electron chi connectivity index (χ0n) is 20.2. The van der Waals surface area contributed by atoms with E-state index in [2.05, 4.69) is 75.9 Å². The number of thioether (sulfide) groups is 1. The Morgan fingerprint density at radius 1 is 0.879 bits per heavy atom. The van der Waals surface area contributed by atoms with Gasteiger partial charge in [-0.1, -0.05) is 94.4 Å². The van der Waals surface area contributed by atoms with Gasteiger partial charge in [0, 0.05) is 12.1 Å². The molecule has 2 aromatic carbocycles. The fourth-order valence-electron chi connectivity index (χ4n) is 4.86. The summed E-state index contributed by atoms with van der Waals surface area (Å²) in [6.45, 7) is 12.8. The van der Waals surface area contributed by atoms with E-state index in [0.29, 0.717) is 28.7 Å². The zero-order valence-corrected chi connectivity index (χ0v) is 21.0. The van der Waals surface area contributed by atoms with E-state index >= 15 is 0 Å². The number of benzene rings is 2. The molecule has 174 valence electrons. The van der Waals surface area contributed by atoms with Gasteiger partial charge in [0.2, 0.25) is 0 Å². The molecule has 0 bridgehead atoms. The molecule has 2 aromatic rings. The van der Waals surface area contributed by atoms with E-state index in [0.717, 1.165) is 5.75 Å². The van der Waals surface area contributed by atoms with Crippen molar-refractivity contribution in [2.45, 2.75) is 46.0 Å². The number of hydrogen-bond acceptors (Lipinski definition) is 3. The van der Waals surface area contributed by atoms with E-state index in [1.165, 1.54) is 27.8 Å². The first-order chi connectivity index (χ1) is 15.9. The lowest BCUT2D eigenvalue weighted by Gasteiger charge is -2.34. The highest BCUT2D eigenvalue weighted by atomic mass is 32.2. The van der Waals surface area contributed by atoms with Crippen molar-refractivity contribution in [3.8, 4) is 0 Å². The summed E-state index contributed by atoms with van der Waals surface area (Å²) in [4.78, 5) is 28.3. The number of carbonyl (C=O) groups excluding carboxylic acids is 2. The molecule has 0 N–H and O–H groups in total. The van der Waals surface area contributed by atoms with E-state index < -0.39 is 0 Å². The van der Waals surface area contributed by atoms with Crippen molar-refractivity contribution in [1.29, 1.82) is 0 Å². The number of rotatable bonds is 11. The first-order valence-corrected chi connectivity index (χ1v) is 12.8. The normalized spacial score (nSPS) is 17.8. The lowest BCUT2D eigenvalue weighted by molar-refractivity contribution is -0.136. The molecule has 0 radical (unpaired) electrons. The highest BCUT2D eigenvalue weighted by Gasteiger charge is 2.40. The van der Waals surface area contributed by atoms with Gasteiger partial charge in [-0.25, -0.2) is 0 Å². The first kappa shape index (κ1) is 25.0. The zero-order chi connectivity index (χ0) is 24.0. The van der Waals surface area contributed by atoms with Crippen LogP contribution < -0.4 is 0 Å². The average Bonchev–Trinajstić information content (AvgIpc) is 3.06. The number of carbonyl (C=O) groups is 2. The van der Waals surface area contributed by atoms with E-state index in [-0.39, 0.29) is 30.2 Å². The van der Waals surface area contributed by atoms with Crippen LogP contribution in [0.3, 0.4) is 0 Å². The summed E-state index contributed by atoms with van der Waals surface area (Å²) >= 11 is 1.49. The molecule has 0 aliphatic carbocycles. The molecule has 1 aliphatic rings. The van der Waals surface area contributed by atoms with Crippen molar-refractivity contribution in [2.75, 3.05) is 12.3 Å². The topological polar surface area (TPSA) is 37.4 Å². The van der Waals surface area contributed by atoms with Crippen LogP contribution in [0.1, 0.15) is 57.1 Å². The molecule has 2 unspecified atom stereocenters. The molecule has 3 nitrogen and oxygen atoms in total. The maximum Gasteiger partial charge on any atom is 0.267 e. The highest BCUT2D eigenvalue weighted by molar-refractivity contribution is 8.04. The van der Waals surface area contributed by atoms with Crippen molar-refractivity contribution in [2.24, 2.45) is 11.8 Å². The quantitative estimate of drug-likeness (QED) is 0.273. The predicted molar refractivity (Wildman–Crippen MR) is 139 cm³/mol. The molecule has 0 saturated carbocycles. The van der Waals surface area contributed by atoms with Crippen molar-refractivity contribution in [1.82, 2.24) is 4.90 Å². The number of amides is 2. The Hall–Kier alpha value is -2.59. The minimum absolute atomic E-state index is 0.152. The van der Waals surface area contributed by atoms with Gasteiger partial charge >= 0.3 is 0 Å². The fourth-order valence-corrected chi connectivity index (χ4v) is 5.73. The maximum atomic E-state index is 13.3. The predicted octanol–water partition coefficient (Wildman–Crippen LogP) is 6.80. The molecule has 1 aliphatic heterocycles. The SMILES string of the molecule is C=CCN1C(=O)C(CC(C(C)c2ccccc2)[C@@H](C)[C@H](C)c2ccccc2)=C(SCC)C1=O. The van der Waals surface area contributed by atoms with Crippen LogP contribution in [0.5, 0.6) is 0 Å². The van der Waals surface area contributed by atoms with Gasteiger partial charge in [0.25, 0.3) is 11.8 Å². The summed E-state index contributed by atoms with van der Waals surface area (Å²) in [5.74, 6) is 1.50. The lowest BCUT2D eigenvalue weighted by Crippen LogP contribution is -2.32. The van der Waals surface area contributed by atoms with Gasteiger partial charge in [0.05, 0.1) is 4.91 Å². The van der Waals surface area contributed by atoms with Crippen LogP contribution in [0.2, 0.25) is 0 Å². The third-order valence-electron chi connectivity index (χ3n) is 7.01. The van der Waals surface area contributed by atoms with Gasteiger partial charge in [-0.05, 0) is 47.0 Å². The number of hydrogen-bond donors (Lipinski definition) is 0. The third-order valence-corrected chi connectivity index (χ3v) is 8.01. The Morgan fingerprint density at radius 2 is 1.42 bits per heavy atom. The van der Waals surface area contributed by atoms with Crippen LogP contribution in [0.25, 0.3) is 0 Å². The summed E-state index contributed by atoms with van der Waals surface area (Å²) in [5.41, 5.74) is 3.24. The Bertz CT molecular complexity index is 999. The fraction of sp³-hybridized carbons (Fsp3) is 0.379. The van der Waals surface area contributed by atoms with Gasteiger partial charge in [0.15, 0.2) is 0 Å². The van der Waals surface area contributed by atoms with Gasteiger partial charge in [0.1, 0.15) is 0 Å². The van der Waals surface area contributed by atoms with Gasteiger partial charge < -0.3 is 0 Å². The Balaban J connectivity index is 2.00. The van der Waals surface area contributed by atoms with Gasteiger partial charge in [-0.15, -0.1) is 18.3 Å². The summed E-state index contributed by atoms with van der Waals surface area (Å²) in [6.07, 6.45) is 2.21. The second kappa shape index (κ2) is 11.5. The largest absolute Gasteiger partial charge is 0.270 e. The summed E-state index contributed by atoms with van der Waals surface area (Å²) in [6, 6.07) is 21.1. The van der Waals surface area contributed by atoms with Crippen molar-refractivity contribution in [3.63, 3.8) is 0 Å². The molecule has 4 atom stereocenters. The van der Waals surface area contributed by atoms with Crippen molar-refractivity contribution < 1.29 is 9.59 Å². The van der Waals surface area contributed by atoms with Crippen molar-refractivity contribution >= 4 is 23.6 Å². The van der Waals surface area contributed by atoms with Crippen LogP contribution in [0.4, 0.5) is 0 Å². The molecule has 0 fully saturated rings. The second-order valence-electron chi connectivity index (χ2n) is 8.88. The van der Waals surface area contributed by atoms with E-state index in [1.54, 1.807) is 6.08 Å².